The molecule has 0 N–H and O–H groups in total. The maximum absolute atomic E-state index is 2.47. The zero-order valence-electron chi connectivity index (χ0n) is 8.16. The number of hydrogen-bond donors (Lipinski definition) is 0. The summed E-state index contributed by atoms with van der Waals surface area (Å²) in [5.74, 6) is 0. The summed E-state index contributed by atoms with van der Waals surface area (Å²) >= 11 is 0. The Morgan fingerprint density at radius 3 is 1.91 bits per heavy atom. The second-order valence-corrected chi connectivity index (χ2v) is 4.43. The summed E-state index contributed by atoms with van der Waals surface area (Å²) in [5, 5.41) is 0.695. The van der Waals surface area contributed by atoms with Crippen LogP contribution in [0.25, 0.3) is 0 Å². The summed E-state index contributed by atoms with van der Waals surface area (Å²) in [5.41, 5.74) is 0. The standard InChI is InChI=1S/C9H20B2/c1-11-9(10)7-5-3-2-4-6-8-9/h11H,2-8,10H2,1H3. The van der Waals surface area contributed by atoms with Gasteiger partial charge >= 0.3 is 0 Å². The fraction of sp³-hybridized carbons (Fsp3) is 1.00. The van der Waals surface area contributed by atoms with E-state index in [0.717, 1.165) is 0 Å². The van der Waals surface area contributed by atoms with Gasteiger partial charge in [0.25, 0.3) is 0 Å². The second kappa shape index (κ2) is 4.23. The van der Waals surface area contributed by atoms with E-state index in [9.17, 15) is 0 Å². The SMILES string of the molecule is BC1(BC)CCCCCCC1. The molecule has 0 atom stereocenters. The zero-order valence-corrected chi connectivity index (χ0v) is 8.16. The van der Waals surface area contributed by atoms with Crippen molar-refractivity contribution in [3.05, 3.63) is 0 Å². The molecule has 62 valence electrons. The quantitative estimate of drug-likeness (QED) is 0.501. The van der Waals surface area contributed by atoms with Gasteiger partial charge < -0.3 is 0 Å². The van der Waals surface area contributed by atoms with Crippen molar-refractivity contribution in [2.45, 2.75) is 57.0 Å². The maximum atomic E-state index is 2.47. The molecule has 0 aromatic carbocycles. The lowest BCUT2D eigenvalue weighted by Crippen LogP contribution is -2.20. The summed E-state index contributed by atoms with van der Waals surface area (Å²) in [7, 11) is 3.85. The van der Waals surface area contributed by atoms with Crippen molar-refractivity contribution in [3.8, 4) is 0 Å². The van der Waals surface area contributed by atoms with Gasteiger partial charge in [-0.3, -0.25) is 0 Å². The van der Waals surface area contributed by atoms with Crippen LogP contribution >= 0.6 is 0 Å². The zero-order chi connectivity index (χ0) is 8.16. The van der Waals surface area contributed by atoms with E-state index in [4.69, 9.17) is 0 Å². The summed E-state index contributed by atoms with van der Waals surface area (Å²) < 4.78 is 0. The average molecular weight is 150 g/mol. The molecule has 0 aromatic heterocycles. The molecule has 0 bridgehead atoms. The molecule has 0 aromatic rings. The minimum Gasteiger partial charge on any atom is -0.0895 e. The Balaban J connectivity index is 2.37. The Morgan fingerprint density at radius 1 is 1.00 bits per heavy atom. The van der Waals surface area contributed by atoms with Crippen LogP contribution in [0, 0.1) is 0 Å². The van der Waals surface area contributed by atoms with Crippen LogP contribution in [0.3, 0.4) is 0 Å². The van der Waals surface area contributed by atoms with Gasteiger partial charge in [0.1, 0.15) is 7.28 Å². The highest BCUT2D eigenvalue weighted by molar-refractivity contribution is 6.52. The minimum absolute atomic E-state index is 0.695. The number of rotatable bonds is 1. The van der Waals surface area contributed by atoms with Gasteiger partial charge in [-0.25, -0.2) is 0 Å². The molecule has 1 saturated carbocycles. The van der Waals surface area contributed by atoms with Crippen molar-refractivity contribution in [2.24, 2.45) is 0 Å². The van der Waals surface area contributed by atoms with Crippen molar-refractivity contribution < 1.29 is 0 Å². The van der Waals surface area contributed by atoms with Gasteiger partial charge in [0.15, 0.2) is 0 Å². The van der Waals surface area contributed by atoms with E-state index in [2.05, 4.69) is 14.7 Å². The van der Waals surface area contributed by atoms with Gasteiger partial charge in [0.2, 0.25) is 0 Å². The third kappa shape index (κ3) is 2.92. The average Bonchev–Trinajstić information content (AvgIpc) is 1.98. The molecular weight excluding hydrogens is 130 g/mol. The van der Waals surface area contributed by atoms with Crippen LogP contribution in [0.15, 0.2) is 0 Å². The predicted molar refractivity (Wildman–Crippen MR) is 56.6 cm³/mol. The molecule has 0 radical (unpaired) electrons. The highest BCUT2D eigenvalue weighted by atomic mass is 14.1. The van der Waals surface area contributed by atoms with E-state index in [-0.39, 0.29) is 0 Å². The van der Waals surface area contributed by atoms with Crippen molar-refractivity contribution in [3.63, 3.8) is 0 Å². The van der Waals surface area contributed by atoms with E-state index in [1.807, 2.05) is 0 Å². The molecule has 11 heavy (non-hydrogen) atoms. The first-order chi connectivity index (χ1) is 5.27. The largest absolute Gasteiger partial charge is 0.115 e. The van der Waals surface area contributed by atoms with Crippen LogP contribution in [0.2, 0.25) is 12.0 Å². The molecule has 1 aliphatic carbocycles. The molecule has 0 nitrogen and oxygen atoms in total. The van der Waals surface area contributed by atoms with Crippen molar-refractivity contribution in [2.75, 3.05) is 0 Å². The van der Waals surface area contributed by atoms with E-state index in [1.54, 1.807) is 0 Å². The maximum Gasteiger partial charge on any atom is 0.115 e. The van der Waals surface area contributed by atoms with Crippen molar-refractivity contribution in [1.82, 2.24) is 0 Å². The smallest absolute Gasteiger partial charge is 0.0895 e. The lowest BCUT2D eigenvalue weighted by atomic mass is 9.40. The van der Waals surface area contributed by atoms with E-state index >= 15 is 0 Å². The van der Waals surface area contributed by atoms with Crippen LogP contribution in [0.5, 0.6) is 0 Å². The van der Waals surface area contributed by atoms with Gasteiger partial charge in [-0.1, -0.05) is 57.0 Å². The van der Waals surface area contributed by atoms with E-state index < -0.39 is 0 Å². The lowest BCUT2D eigenvalue weighted by Gasteiger charge is -2.29. The normalized spacial score (nSPS) is 25.2. The number of hydrogen-bond acceptors (Lipinski definition) is 0. The Hall–Kier alpha value is 0.130. The first-order valence-electron chi connectivity index (χ1n) is 5.27. The third-order valence-corrected chi connectivity index (χ3v) is 3.41. The molecule has 2 heteroatoms. The molecular formula is C9H20B2. The van der Waals surface area contributed by atoms with Gasteiger partial charge in [0.05, 0.1) is 7.85 Å². The highest BCUT2D eigenvalue weighted by Crippen LogP contribution is 2.36. The van der Waals surface area contributed by atoms with Gasteiger partial charge in [0, 0.05) is 0 Å². The van der Waals surface area contributed by atoms with Crippen LogP contribution in [0.1, 0.15) is 44.9 Å². The van der Waals surface area contributed by atoms with Gasteiger partial charge in [-0.15, -0.1) is 0 Å². The minimum atomic E-state index is 0.695. The Kier molecular flexibility index (Phi) is 3.54. The molecule has 0 unspecified atom stereocenters. The molecule has 1 fully saturated rings. The molecule has 0 spiro atoms. The third-order valence-electron chi connectivity index (χ3n) is 3.41. The van der Waals surface area contributed by atoms with E-state index in [1.165, 1.54) is 52.2 Å². The van der Waals surface area contributed by atoms with Gasteiger partial charge in [-0.2, -0.15) is 0 Å². The highest BCUT2D eigenvalue weighted by Gasteiger charge is 2.22. The van der Waals surface area contributed by atoms with Gasteiger partial charge in [-0.05, 0) is 0 Å². The van der Waals surface area contributed by atoms with Crippen molar-refractivity contribution >= 4 is 15.1 Å². The first kappa shape index (κ1) is 9.22. The Morgan fingerprint density at radius 2 is 1.45 bits per heavy atom. The van der Waals surface area contributed by atoms with Crippen LogP contribution in [-0.4, -0.2) is 15.1 Å². The van der Waals surface area contributed by atoms with Crippen LogP contribution in [0.4, 0.5) is 0 Å². The molecule has 1 rings (SSSR count). The molecule has 1 aliphatic rings. The van der Waals surface area contributed by atoms with Crippen LogP contribution < -0.4 is 0 Å². The summed E-state index contributed by atoms with van der Waals surface area (Å²) in [6.07, 6.45) is 10.4. The summed E-state index contributed by atoms with van der Waals surface area (Å²) in [6.45, 7) is 2.35. The topological polar surface area (TPSA) is 0 Å². The fourth-order valence-electron chi connectivity index (χ4n) is 2.11. The van der Waals surface area contributed by atoms with Crippen LogP contribution in [-0.2, 0) is 0 Å². The Bertz CT molecular complexity index is 104. The molecule has 0 heterocycles. The monoisotopic (exact) mass is 150 g/mol. The molecule has 0 aliphatic heterocycles. The summed E-state index contributed by atoms with van der Waals surface area (Å²) in [6, 6.07) is 0. The predicted octanol–water partition coefficient (Wildman–Crippen LogP) is 1.96. The fourth-order valence-corrected chi connectivity index (χ4v) is 2.11. The Labute approximate surface area is 72.8 Å². The van der Waals surface area contributed by atoms with Crippen molar-refractivity contribution in [1.29, 1.82) is 0 Å². The molecule has 0 saturated heterocycles. The van der Waals surface area contributed by atoms with E-state index in [0.29, 0.717) is 5.21 Å². The second-order valence-electron chi connectivity index (χ2n) is 4.43. The first-order valence-corrected chi connectivity index (χ1v) is 5.27. The summed E-state index contributed by atoms with van der Waals surface area (Å²) in [4.78, 5) is 0. The lowest BCUT2D eigenvalue weighted by molar-refractivity contribution is 0.474. The molecule has 0 amide bonds.